The first kappa shape index (κ1) is 30.5. The first-order chi connectivity index (χ1) is 22.8. The molecule has 3 nitrogen and oxygen atoms in total. The molecule has 0 spiro atoms. The quantitative estimate of drug-likeness (QED) is 0.0990. The third-order valence-electron chi connectivity index (χ3n) is 10.3. The number of hydrogen-bond acceptors (Lipinski definition) is 0. The fourth-order valence-corrected chi connectivity index (χ4v) is 7.88. The lowest BCUT2D eigenvalue weighted by Gasteiger charge is -2.28. The topological polar surface area (TPSA) is 11.6 Å². The summed E-state index contributed by atoms with van der Waals surface area (Å²) in [5.41, 5.74) is 15.6. The van der Waals surface area contributed by atoms with E-state index in [1.165, 1.54) is 113 Å². The first-order valence-electron chi connectivity index (χ1n) is 18.1. The van der Waals surface area contributed by atoms with Crippen LogP contribution in [0.1, 0.15) is 87.5 Å². The van der Waals surface area contributed by atoms with E-state index in [4.69, 9.17) is 0 Å². The molecule has 5 aromatic rings. The standard InChI is InChI=1S/C43H50N3/c1-3-5-7-13-27-44-29-23-35(24-30-44)41-39-21-19-33-15-9-11-17-37(33)42(39)46(36-25-31-45(32-26-36)28-14-8-6-4-2)43-38-18-12-10-16-34(38)20-22-40(41)43/h9-12,15-18,23-26,29-32H,3-8,13-14,19-22,27-28H2,1-2H3/q+3. The van der Waals surface area contributed by atoms with E-state index >= 15 is 0 Å². The first-order valence-corrected chi connectivity index (χ1v) is 18.1. The van der Waals surface area contributed by atoms with Crippen LogP contribution in [0.4, 0.5) is 0 Å². The summed E-state index contributed by atoms with van der Waals surface area (Å²) in [7, 11) is 0. The Morgan fingerprint density at radius 2 is 0.978 bits per heavy atom. The third-order valence-corrected chi connectivity index (χ3v) is 10.3. The highest BCUT2D eigenvalue weighted by Gasteiger charge is 2.39. The molecule has 0 unspecified atom stereocenters. The molecule has 2 aromatic carbocycles. The van der Waals surface area contributed by atoms with Gasteiger partial charge in [0.15, 0.2) is 24.8 Å². The van der Waals surface area contributed by atoms with Crippen molar-refractivity contribution < 1.29 is 13.7 Å². The maximum Gasteiger partial charge on any atom is 0.223 e. The Labute approximate surface area is 276 Å². The Bertz CT molecular complexity index is 1720. The van der Waals surface area contributed by atoms with Crippen LogP contribution in [0, 0.1) is 0 Å². The number of rotatable bonds is 12. The summed E-state index contributed by atoms with van der Waals surface area (Å²) in [6.07, 6.45) is 23.8. The molecule has 3 heterocycles. The molecule has 3 aromatic heterocycles. The normalized spacial score (nSPS) is 13.1. The summed E-state index contributed by atoms with van der Waals surface area (Å²) < 4.78 is 7.39. The third kappa shape index (κ3) is 6.05. The van der Waals surface area contributed by atoms with Gasteiger partial charge in [-0.3, -0.25) is 0 Å². The largest absolute Gasteiger partial charge is 0.223 e. The van der Waals surface area contributed by atoms with Gasteiger partial charge in [0.05, 0.1) is 23.3 Å². The molecule has 0 fully saturated rings. The molecule has 0 saturated carbocycles. The summed E-state index contributed by atoms with van der Waals surface area (Å²) >= 11 is 0. The molecule has 3 heteroatoms. The highest BCUT2D eigenvalue weighted by molar-refractivity contribution is 5.85. The summed E-state index contributed by atoms with van der Waals surface area (Å²) in [4.78, 5) is 0. The number of aryl methyl sites for hydroxylation is 4. The number of unbranched alkanes of at least 4 members (excludes halogenated alkanes) is 6. The van der Waals surface area contributed by atoms with Gasteiger partial charge in [0.1, 0.15) is 13.1 Å². The zero-order valence-electron chi connectivity index (χ0n) is 28.0. The van der Waals surface area contributed by atoms with E-state index in [0.717, 1.165) is 38.8 Å². The molecule has 2 aliphatic carbocycles. The zero-order chi connectivity index (χ0) is 31.3. The Morgan fingerprint density at radius 1 is 0.500 bits per heavy atom. The van der Waals surface area contributed by atoms with Crippen molar-refractivity contribution >= 4 is 0 Å². The minimum atomic E-state index is 1.06. The van der Waals surface area contributed by atoms with Gasteiger partial charge in [-0.15, -0.1) is 0 Å². The summed E-state index contributed by atoms with van der Waals surface area (Å²) in [5, 5.41) is 0. The van der Waals surface area contributed by atoms with E-state index in [9.17, 15) is 0 Å². The number of pyridine rings is 3. The van der Waals surface area contributed by atoms with Crippen LogP contribution >= 0.6 is 0 Å². The van der Waals surface area contributed by atoms with Crippen molar-refractivity contribution in [1.29, 1.82) is 0 Å². The van der Waals surface area contributed by atoms with Crippen molar-refractivity contribution in [2.75, 3.05) is 0 Å². The minimum Gasteiger partial charge on any atom is -0.205 e. The molecule has 234 valence electrons. The van der Waals surface area contributed by atoms with Crippen molar-refractivity contribution in [2.45, 2.75) is 104 Å². The van der Waals surface area contributed by atoms with Crippen molar-refractivity contribution in [3.05, 3.63) is 120 Å². The van der Waals surface area contributed by atoms with E-state index in [-0.39, 0.29) is 0 Å². The molecule has 7 rings (SSSR count). The molecule has 2 aliphatic rings. The van der Waals surface area contributed by atoms with Gasteiger partial charge in [-0.05, 0) is 67.3 Å². The average molecular weight is 609 g/mol. The van der Waals surface area contributed by atoms with Crippen LogP contribution in [0.3, 0.4) is 0 Å². The molecule has 0 atom stereocenters. The van der Waals surface area contributed by atoms with Gasteiger partial charge in [0.25, 0.3) is 0 Å². The average Bonchev–Trinajstić information content (AvgIpc) is 3.11. The fourth-order valence-electron chi connectivity index (χ4n) is 7.88. The van der Waals surface area contributed by atoms with Crippen LogP contribution in [-0.2, 0) is 38.8 Å². The zero-order valence-corrected chi connectivity index (χ0v) is 28.0. The van der Waals surface area contributed by atoms with E-state index in [1.54, 1.807) is 0 Å². The molecule has 0 radical (unpaired) electrons. The molecule has 46 heavy (non-hydrogen) atoms. The lowest BCUT2D eigenvalue weighted by molar-refractivity contribution is -0.698. The predicted octanol–water partition coefficient (Wildman–Crippen LogP) is 8.90. The smallest absolute Gasteiger partial charge is 0.205 e. The highest BCUT2D eigenvalue weighted by Crippen LogP contribution is 2.45. The van der Waals surface area contributed by atoms with E-state index in [1.807, 2.05) is 0 Å². The van der Waals surface area contributed by atoms with Crippen LogP contribution < -0.4 is 13.7 Å². The van der Waals surface area contributed by atoms with Crippen LogP contribution in [0.25, 0.3) is 39.3 Å². The number of benzene rings is 2. The van der Waals surface area contributed by atoms with E-state index in [0.29, 0.717) is 0 Å². The van der Waals surface area contributed by atoms with Gasteiger partial charge in [-0.1, -0.05) is 75.9 Å². The van der Waals surface area contributed by atoms with Crippen LogP contribution in [-0.4, -0.2) is 0 Å². The predicted molar refractivity (Wildman–Crippen MR) is 188 cm³/mol. The summed E-state index contributed by atoms with van der Waals surface area (Å²) in [5.74, 6) is 0. The number of aromatic nitrogens is 3. The Morgan fingerprint density at radius 3 is 1.48 bits per heavy atom. The van der Waals surface area contributed by atoms with Gasteiger partial charge < -0.3 is 0 Å². The van der Waals surface area contributed by atoms with Gasteiger partial charge in [-0.2, -0.15) is 4.57 Å². The highest BCUT2D eigenvalue weighted by atomic mass is 15.0. The SMILES string of the molecule is CCCCCC[n+]1ccc(-c2c3c([n+](-c4cc[n+](CCCCCC)cc4)c4c2CCc2ccccc2-4)-c2ccccc2CC3)cc1. The lowest BCUT2D eigenvalue weighted by atomic mass is 9.77. The number of hydrogen-bond donors (Lipinski definition) is 0. The molecule has 0 bridgehead atoms. The number of nitrogens with zero attached hydrogens (tertiary/aromatic N) is 3. The molecule has 0 saturated heterocycles. The summed E-state index contributed by atoms with van der Waals surface area (Å²) in [6, 6.07) is 27.8. The van der Waals surface area contributed by atoms with Crippen LogP contribution in [0.5, 0.6) is 0 Å². The van der Waals surface area contributed by atoms with Crippen molar-refractivity contribution in [3.8, 4) is 39.3 Å². The lowest BCUT2D eigenvalue weighted by Crippen LogP contribution is -2.42. The second-order valence-corrected chi connectivity index (χ2v) is 13.4. The fraction of sp³-hybridized carbons (Fsp3) is 0.372. The van der Waals surface area contributed by atoms with Crippen molar-refractivity contribution in [3.63, 3.8) is 0 Å². The number of fused-ring (bicyclic) bond motifs is 6. The Balaban J connectivity index is 1.42. The second-order valence-electron chi connectivity index (χ2n) is 13.4. The second kappa shape index (κ2) is 14.1. The molecule has 0 amide bonds. The van der Waals surface area contributed by atoms with Gasteiger partial charge in [0.2, 0.25) is 17.1 Å². The molecular weight excluding hydrogens is 558 g/mol. The van der Waals surface area contributed by atoms with Gasteiger partial charge in [0, 0.05) is 41.7 Å². The maximum atomic E-state index is 2.64. The molecule has 0 aliphatic heterocycles. The Hall–Kier alpha value is -4.11. The van der Waals surface area contributed by atoms with E-state index < -0.39 is 0 Å². The van der Waals surface area contributed by atoms with E-state index in [2.05, 4.69) is 125 Å². The molecule has 0 N–H and O–H groups in total. The molecular formula is C43H50N3+3. The van der Waals surface area contributed by atoms with Crippen molar-refractivity contribution in [1.82, 2.24) is 0 Å². The minimum absolute atomic E-state index is 1.06. The van der Waals surface area contributed by atoms with Gasteiger partial charge in [-0.25, -0.2) is 9.13 Å². The van der Waals surface area contributed by atoms with Crippen LogP contribution in [0.2, 0.25) is 0 Å². The van der Waals surface area contributed by atoms with Crippen LogP contribution in [0.15, 0.2) is 97.6 Å². The Kier molecular flexibility index (Phi) is 9.37. The summed E-state index contributed by atoms with van der Waals surface area (Å²) in [6.45, 7) is 6.75. The maximum absolute atomic E-state index is 2.64. The van der Waals surface area contributed by atoms with Crippen molar-refractivity contribution in [2.24, 2.45) is 0 Å². The monoisotopic (exact) mass is 608 g/mol. The van der Waals surface area contributed by atoms with Gasteiger partial charge >= 0.3 is 0 Å².